The van der Waals surface area contributed by atoms with Crippen molar-refractivity contribution in [3.63, 3.8) is 0 Å². The van der Waals surface area contributed by atoms with Gasteiger partial charge in [0.2, 0.25) is 0 Å². The number of nitrogens with zero attached hydrogens (tertiary/aromatic N) is 2. The monoisotopic (exact) mass is 578 g/mol. The van der Waals surface area contributed by atoms with Crippen LogP contribution in [-0.4, -0.2) is 10.2 Å². The molecule has 0 radical (unpaired) electrons. The second kappa shape index (κ2) is 9.48. The van der Waals surface area contributed by atoms with Crippen LogP contribution in [0.15, 0.2) is 146 Å². The fourth-order valence-electron chi connectivity index (χ4n) is 7.85. The molecule has 2 aliphatic rings. The van der Waals surface area contributed by atoms with Gasteiger partial charge in [-0.25, -0.2) is 0 Å². The van der Waals surface area contributed by atoms with Crippen LogP contribution in [0.3, 0.4) is 0 Å². The largest absolute Gasteiger partial charge is 0.457 e. The molecule has 0 saturated heterocycles. The summed E-state index contributed by atoms with van der Waals surface area (Å²) in [6.07, 6.45) is 0. The highest BCUT2D eigenvalue weighted by Gasteiger charge is 2.52. The predicted molar refractivity (Wildman–Crippen MR) is 181 cm³/mol. The lowest BCUT2D eigenvalue weighted by atomic mass is 9.53. The van der Waals surface area contributed by atoms with Crippen LogP contribution in [0.25, 0.3) is 33.3 Å². The molecule has 1 aromatic heterocycles. The van der Waals surface area contributed by atoms with Crippen molar-refractivity contribution in [2.24, 2.45) is 0 Å². The van der Waals surface area contributed by atoms with E-state index in [4.69, 9.17) is 14.9 Å². The molecule has 0 amide bonds. The minimum absolute atomic E-state index is 0.244. The van der Waals surface area contributed by atoms with Gasteiger partial charge in [0.1, 0.15) is 11.5 Å². The molecule has 2 heterocycles. The molecule has 3 heteroatoms. The van der Waals surface area contributed by atoms with Gasteiger partial charge in [-0.2, -0.15) is 0 Å². The topological polar surface area (TPSA) is 35.0 Å². The van der Waals surface area contributed by atoms with Crippen molar-refractivity contribution >= 4 is 10.8 Å². The lowest BCUT2D eigenvalue weighted by molar-refractivity contribution is 0.425. The van der Waals surface area contributed by atoms with Crippen molar-refractivity contribution in [1.82, 2.24) is 10.2 Å². The van der Waals surface area contributed by atoms with Gasteiger partial charge in [-0.15, -0.1) is 10.2 Å². The zero-order chi connectivity index (χ0) is 30.2. The number of hydrogen-bond acceptors (Lipinski definition) is 3. The van der Waals surface area contributed by atoms with E-state index in [0.717, 1.165) is 34.0 Å². The Balaban J connectivity index is 1.26. The van der Waals surface area contributed by atoms with Crippen molar-refractivity contribution in [1.29, 1.82) is 0 Å². The average molecular weight is 579 g/mol. The third-order valence-corrected chi connectivity index (χ3v) is 9.93. The molecule has 0 bridgehead atoms. The Bertz CT molecular complexity index is 2230. The van der Waals surface area contributed by atoms with Crippen LogP contribution in [0.2, 0.25) is 0 Å². The Morgan fingerprint density at radius 2 is 1.04 bits per heavy atom. The minimum Gasteiger partial charge on any atom is -0.457 e. The van der Waals surface area contributed by atoms with Crippen molar-refractivity contribution in [3.8, 4) is 34.0 Å². The van der Waals surface area contributed by atoms with E-state index < -0.39 is 5.41 Å². The highest BCUT2D eigenvalue weighted by Crippen LogP contribution is 2.61. The van der Waals surface area contributed by atoms with Crippen LogP contribution in [0, 0.1) is 0 Å². The second-order valence-corrected chi connectivity index (χ2v) is 12.6. The lowest BCUT2D eigenvalue weighted by Crippen LogP contribution is -2.43. The summed E-state index contributed by atoms with van der Waals surface area (Å²) < 4.78 is 6.54. The fourth-order valence-corrected chi connectivity index (χ4v) is 7.85. The number of rotatable bonds is 2. The normalized spacial score (nSPS) is 15.0. The summed E-state index contributed by atoms with van der Waals surface area (Å²) in [5, 5.41) is 11.9. The standard InChI is InChI=1S/C42H30N2O/c1-41(2)31-16-5-6-17-32(31)42(34-18-7-9-20-39(34)45-40-21-10-8-19-35(40)42)33-23-22-28(26-36(33)41)37-24-25-38(44-43-37)30-15-11-13-27-12-3-4-14-29(27)30/h3-26H,1-2H3. The molecule has 0 unspecified atom stereocenters. The summed E-state index contributed by atoms with van der Waals surface area (Å²) in [5.41, 5.74) is 10.6. The molecule has 1 aliphatic carbocycles. The smallest absolute Gasteiger partial charge is 0.132 e. The van der Waals surface area contributed by atoms with Gasteiger partial charge in [0, 0.05) is 27.7 Å². The first-order valence-corrected chi connectivity index (χ1v) is 15.5. The summed E-state index contributed by atoms with van der Waals surface area (Å²) in [4.78, 5) is 0. The van der Waals surface area contributed by atoms with Gasteiger partial charge < -0.3 is 4.74 Å². The maximum Gasteiger partial charge on any atom is 0.132 e. The van der Waals surface area contributed by atoms with E-state index in [-0.39, 0.29) is 5.41 Å². The summed E-state index contributed by atoms with van der Waals surface area (Å²) in [6.45, 7) is 4.68. The van der Waals surface area contributed by atoms with Gasteiger partial charge in [0.25, 0.3) is 0 Å². The Labute approximate surface area is 262 Å². The SMILES string of the molecule is CC1(C)c2ccccc2C2(c3ccccc3Oc3ccccc32)c2ccc(-c3ccc(-c4cccc5ccccc45)nn3)cc21. The lowest BCUT2D eigenvalue weighted by Gasteiger charge is -2.50. The van der Waals surface area contributed by atoms with E-state index in [0.29, 0.717) is 0 Å². The Hall–Kier alpha value is -5.54. The number of hydrogen-bond donors (Lipinski definition) is 0. The molecular weight excluding hydrogens is 548 g/mol. The van der Waals surface area contributed by atoms with Crippen LogP contribution in [0.5, 0.6) is 11.5 Å². The minimum atomic E-state index is -0.519. The number of fused-ring (bicyclic) bond motifs is 9. The van der Waals surface area contributed by atoms with Crippen LogP contribution >= 0.6 is 0 Å². The van der Waals surface area contributed by atoms with Crippen LogP contribution in [-0.2, 0) is 10.8 Å². The van der Waals surface area contributed by atoms with Crippen LogP contribution < -0.4 is 4.74 Å². The predicted octanol–water partition coefficient (Wildman–Crippen LogP) is 10.1. The van der Waals surface area contributed by atoms with Crippen LogP contribution in [0.4, 0.5) is 0 Å². The van der Waals surface area contributed by atoms with Gasteiger partial charge in [-0.05, 0) is 63.4 Å². The maximum absolute atomic E-state index is 6.54. The highest BCUT2D eigenvalue weighted by molar-refractivity contribution is 5.95. The third kappa shape index (κ3) is 3.58. The van der Waals surface area contributed by atoms with Gasteiger partial charge >= 0.3 is 0 Å². The number of benzene rings is 6. The molecule has 214 valence electrons. The zero-order valence-electron chi connectivity index (χ0n) is 25.2. The summed E-state index contributed by atoms with van der Waals surface area (Å²) in [6, 6.07) is 51.8. The van der Waals surface area contributed by atoms with E-state index in [1.54, 1.807) is 0 Å². The molecule has 9 rings (SSSR count). The molecule has 0 N–H and O–H groups in total. The molecule has 1 spiro atoms. The Morgan fingerprint density at radius 1 is 0.467 bits per heavy atom. The van der Waals surface area contributed by atoms with Gasteiger partial charge in [0.15, 0.2) is 0 Å². The quantitative estimate of drug-likeness (QED) is 0.205. The van der Waals surface area contributed by atoms with E-state index in [1.165, 1.54) is 44.2 Å². The highest BCUT2D eigenvalue weighted by atomic mass is 16.5. The molecule has 6 aromatic carbocycles. The van der Waals surface area contributed by atoms with E-state index >= 15 is 0 Å². The molecule has 0 saturated carbocycles. The molecule has 0 fully saturated rings. The van der Waals surface area contributed by atoms with Crippen LogP contribution in [0.1, 0.15) is 47.2 Å². The first kappa shape index (κ1) is 25.9. The van der Waals surface area contributed by atoms with Gasteiger partial charge in [-0.1, -0.05) is 129 Å². The number of para-hydroxylation sites is 2. The van der Waals surface area contributed by atoms with Crippen molar-refractivity contribution < 1.29 is 4.74 Å². The van der Waals surface area contributed by atoms with E-state index in [9.17, 15) is 0 Å². The molecular formula is C42H30N2O. The van der Waals surface area contributed by atoms with Crippen molar-refractivity contribution in [2.45, 2.75) is 24.7 Å². The molecule has 45 heavy (non-hydrogen) atoms. The average Bonchev–Trinajstić information content (AvgIpc) is 3.10. The summed E-state index contributed by atoms with van der Waals surface area (Å²) >= 11 is 0. The first-order valence-electron chi connectivity index (χ1n) is 15.5. The molecule has 1 aliphatic heterocycles. The van der Waals surface area contributed by atoms with Gasteiger partial charge in [-0.3, -0.25) is 0 Å². The molecule has 0 atom stereocenters. The van der Waals surface area contributed by atoms with Gasteiger partial charge in [0.05, 0.1) is 16.8 Å². The Kier molecular flexibility index (Phi) is 5.46. The molecule has 7 aromatic rings. The summed E-state index contributed by atoms with van der Waals surface area (Å²) in [5.74, 6) is 1.80. The second-order valence-electron chi connectivity index (χ2n) is 12.6. The van der Waals surface area contributed by atoms with E-state index in [1.807, 2.05) is 0 Å². The number of aromatic nitrogens is 2. The third-order valence-electron chi connectivity index (χ3n) is 9.93. The number of ether oxygens (including phenoxy) is 1. The first-order chi connectivity index (χ1) is 22.1. The fraction of sp³-hybridized carbons (Fsp3) is 0.0952. The van der Waals surface area contributed by atoms with Crippen molar-refractivity contribution in [3.05, 3.63) is 179 Å². The van der Waals surface area contributed by atoms with Crippen molar-refractivity contribution in [2.75, 3.05) is 0 Å². The van der Waals surface area contributed by atoms with E-state index in [2.05, 4.69) is 159 Å². The maximum atomic E-state index is 6.54. The summed E-state index contributed by atoms with van der Waals surface area (Å²) in [7, 11) is 0. The molecule has 3 nitrogen and oxygen atoms in total. The Morgan fingerprint density at radius 3 is 1.78 bits per heavy atom. The zero-order valence-corrected chi connectivity index (χ0v) is 25.2.